The first kappa shape index (κ1) is 24.3. The average molecular weight is 493 g/mol. The molecule has 0 radical (unpaired) electrons. The molecule has 4 heterocycles. The van der Waals surface area contributed by atoms with E-state index in [0.717, 1.165) is 67.7 Å². The topological polar surface area (TPSA) is 95.0 Å². The maximum Gasteiger partial charge on any atom is 0.270 e. The highest BCUT2D eigenvalue weighted by Crippen LogP contribution is 2.34. The van der Waals surface area contributed by atoms with Gasteiger partial charge >= 0.3 is 0 Å². The van der Waals surface area contributed by atoms with Crippen LogP contribution in [0.4, 0.5) is 11.6 Å². The normalized spacial score (nSPS) is 18.0. The average Bonchev–Trinajstić information content (AvgIpc) is 3.52. The van der Waals surface area contributed by atoms with E-state index >= 15 is 0 Å². The van der Waals surface area contributed by atoms with Crippen molar-refractivity contribution in [2.45, 2.75) is 51.6 Å². The summed E-state index contributed by atoms with van der Waals surface area (Å²) < 4.78 is 3.10. The molecule has 3 aromatic heterocycles. The van der Waals surface area contributed by atoms with Crippen LogP contribution in [0.15, 0.2) is 35.6 Å². The molecule has 0 unspecified atom stereocenters. The zero-order chi connectivity index (χ0) is 25.4. The van der Waals surface area contributed by atoms with Crippen molar-refractivity contribution in [3.05, 3.63) is 41.8 Å². The summed E-state index contributed by atoms with van der Waals surface area (Å²) in [5.74, 6) is 0.209. The van der Waals surface area contributed by atoms with Crippen LogP contribution >= 0.6 is 0 Å². The Labute approximate surface area is 211 Å². The molecule has 1 aliphatic carbocycles. The van der Waals surface area contributed by atoms with Crippen LogP contribution in [0.2, 0.25) is 0 Å². The molecule has 0 atom stereocenters. The van der Waals surface area contributed by atoms with Crippen molar-refractivity contribution in [1.29, 1.82) is 0 Å². The van der Waals surface area contributed by atoms with Crippen LogP contribution in [-0.4, -0.2) is 86.5 Å². The highest BCUT2D eigenvalue weighted by atomic mass is 16.5. The Morgan fingerprint density at radius 3 is 2.50 bits per heavy atom. The van der Waals surface area contributed by atoms with E-state index in [-0.39, 0.29) is 17.9 Å². The van der Waals surface area contributed by atoms with Crippen LogP contribution in [0.1, 0.15) is 56.1 Å². The molecule has 2 aliphatic rings. The minimum atomic E-state index is -0.0450. The Morgan fingerprint density at radius 1 is 1.14 bits per heavy atom. The second kappa shape index (κ2) is 9.93. The van der Waals surface area contributed by atoms with Gasteiger partial charge in [-0.1, -0.05) is 12.8 Å². The maximum atomic E-state index is 12.9. The first-order valence-electron chi connectivity index (χ1n) is 12.9. The summed E-state index contributed by atoms with van der Waals surface area (Å²) in [5, 5.41) is 11.5. The molecule has 1 aliphatic heterocycles. The monoisotopic (exact) mass is 492 g/mol. The molecule has 2 fully saturated rings. The summed E-state index contributed by atoms with van der Waals surface area (Å²) >= 11 is 0. The lowest BCUT2D eigenvalue weighted by molar-refractivity contribution is 0.0815. The fraction of sp³-hybridized carbons (Fsp3) is 0.538. The first-order chi connectivity index (χ1) is 17.3. The van der Waals surface area contributed by atoms with E-state index in [4.69, 9.17) is 4.98 Å². The number of carbonyl (C=O) groups excluding carboxylic acids is 1. The van der Waals surface area contributed by atoms with Crippen LogP contribution in [0.3, 0.4) is 0 Å². The van der Waals surface area contributed by atoms with E-state index in [0.29, 0.717) is 22.9 Å². The molecule has 1 N–H and O–H groups in total. The van der Waals surface area contributed by atoms with Crippen LogP contribution in [-0.2, 0) is 0 Å². The fourth-order valence-electron chi connectivity index (χ4n) is 5.32. The van der Waals surface area contributed by atoms with Crippen molar-refractivity contribution in [2.75, 3.05) is 45.2 Å². The van der Waals surface area contributed by atoms with Gasteiger partial charge in [0.15, 0.2) is 5.49 Å². The number of pyridine rings is 1. The van der Waals surface area contributed by atoms with Crippen molar-refractivity contribution in [1.82, 2.24) is 29.1 Å². The zero-order valence-corrected chi connectivity index (χ0v) is 21.6. The second-order valence-electron chi connectivity index (χ2n) is 10.3. The lowest BCUT2D eigenvalue weighted by atomic mass is 10.2. The van der Waals surface area contributed by atoms with E-state index in [1.807, 2.05) is 12.1 Å². The molecule has 3 aromatic rings. The van der Waals surface area contributed by atoms with Gasteiger partial charge in [-0.15, -0.1) is 0 Å². The van der Waals surface area contributed by atoms with Gasteiger partial charge in [0.1, 0.15) is 11.3 Å². The smallest absolute Gasteiger partial charge is 0.270 e. The van der Waals surface area contributed by atoms with Gasteiger partial charge < -0.3 is 19.6 Å². The van der Waals surface area contributed by atoms with E-state index in [1.54, 1.807) is 37.5 Å². The minimum absolute atomic E-state index is 0.0450. The number of carbonyl (C=O) groups is 1. The molecule has 1 saturated carbocycles. The van der Waals surface area contributed by atoms with E-state index < -0.39 is 0 Å². The number of amides is 1. The van der Waals surface area contributed by atoms with Gasteiger partial charge in [-0.25, -0.2) is 4.98 Å². The molecule has 1 saturated heterocycles. The number of hydrogen-bond acceptors (Lipinski definition) is 7. The molecule has 0 bridgehead atoms. The predicted molar refractivity (Wildman–Crippen MR) is 139 cm³/mol. The lowest BCUT2D eigenvalue weighted by Crippen LogP contribution is -2.49. The molecule has 10 heteroatoms. The number of aromatic nitrogens is 4. The highest BCUT2D eigenvalue weighted by Gasteiger charge is 2.26. The van der Waals surface area contributed by atoms with Gasteiger partial charge in [0.25, 0.3) is 11.9 Å². The van der Waals surface area contributed by atoms with Crippen LogP contribution < -0.4 is 10.4 Å². The van der Waals surface area contributed by atoms with Crippen molar-refractivity contribution in [3.63, 3.8) is 0 Å². The zero-order valence-electron chi connectivity index (χ0n) is 21.6. The van der Waals surface area contributed by atoms with Gasteiger partial charge in [0, 0.05) is 63.9 Å². The van der Waals surface area contributed by atoms with Crippen molar-refractivity contribution in [2.24, 2.45) is 4.99 Å². The largest absolute Gasteiger partial charge is 0.427 e. The SMILES string of the molecule is CC(C)N1CCN(c2cc/c(=N/c3ncc4cc(C(=O)N(C)C)n(C5CCCC5)c4n3)n(O)c2)CC1. The number of hydrogen-bond donors (Lipinski definition) is 1. The highest BCUT2D eigenvalue weighted by molar-refractivity contribution is 5.97. The molecule has 0 spiro atoms. The number of anilines is 1. The molecule has 5 rings (SSSR count). The maximum absolute atomic E-state index is 12.9. The van der Waals surface area contributed by atoms with Gasteiger partial charge in [-0.05, 0) is 44.9 Å². The minimum Gasteiger partial charge on any atom is -0.427 e. The Kier molecular flexibility index (Phi) is 6.70. The molecular formula is C26H36N8O2. The van der Waals surface area contributed by atoms with E-state index in [9.17, 15) is 10.0 Å². The summed E-state index contributed by atoms with van der Waals surface area (Å²) in [4.78, 5) is 32.9. The molecular weight excluding hydrogens is 456 g/mol. The molecule has 36 heavy (non-hydrogen) atoms. The number of piperazine rings is 1. The fourth-order valence-corrected chi connectivity index (χ4v) is 5.32. The summed E-state index contributed by atoms with van der Waals surface area (Å²) in [6, 6.07) is 6.42. The van der Waals surface area contributed by atoms with Gasteiger partial charge in [-0.2, -0.15) is 14.7 Å². The van der Waals surface area contributed by atoms with Gasteiger partial charge in [0.2, 0.25) is 0 Å². The Balaban J connectivity index is 1.46. The third kappa shape index (κ3) is 4.69. The number of nitrogens with zero attached hydrogens (tertiary/aromatic N) is 8. The van der Waals surface area contributed by atoms with Crippen LogP contribution in [0, 0.1) is 0 Å². The molecule has 1 amide bonds. The van der Waals surface area contributed by atoms with E-state index in [2.05, 4.69) is 38.2 Å². The summed E-state index contributed by atoms with van der Waals surface area (Å²) in [6.45, 7) is 8.28. The molecule has 192 valence electrons. The van der Waals surface area contributed by atoms with Crippen molar-refractivity contribution in [3.8, 4) is 0 Å². The lowest BCUT2D eigenvalue weighted by Gasteiger charge is -2.38. The van der Waals surface area contributed by atoms with Gasteiger partial charge in [0.05, 0.1) is 11.9 Å². The Bertz CT molecular complexity index is 1310. The summed E-state index contributed by atoms with van der Waals surface area (Å²) in [5.41, 5.74) is 2.65. The van der Waals surface area contributed by atoms with Crippen LogP contribution in [0.5, 0.6) is 0 Å². The Morgan fingerprint density at radius 2 is 1.86 bits per heavy atom. The quantitative estimate of drug-likeness (QED) is 0.550. The molecule has 10 nitrogen and oxygen atoms in total. The summed E-state index contributed by atoms with van der Waals surface area (Å²) in [7, 11) is 3.53. The molecule has 0 aromatic carbocycles. The standard InChI is InChI=1S/C26H36N8O2/c1-18(2)31-11-13-32(14-12-31)21-9-10-23(33(36)17-21)28-26-27-16-19-15-22(25(35)30(3)4)34(24(19)29-26)20-7-5-6-8-20/h9-10,15-18,20,36H,5-8,11-14H2,1-4H3/b28-23-. The van der Waals surface area contributed by atoms with Crippen molar-refractivity contribution >= 4 is 28.6 Å². The summed E-state index contributed by atoms with van der Waals surface area (Å²) in [6.07, 6.45) is 7.74. The Hall–Kier alpha value is -3.40. The predicted octanol–water partition coefficient (Wildman–Crippen LogP) is 3.05. The first-order valence-corrected chi connectivity index (χ1v) is 12.9. The second-order valence-corrected chi connectivity index (χ2v) is 10.3. The third-order valence-electron chi connectivity index (χ3n) is 7.39. The van der Waals surface area contributed by atoms with Crippen LogP contribution in [0.25, 0.3) is 11.0 Å². The number of fused-ring (bicyclic) bond motifs is 1. The number of rotatable bonds is 5. The van der Waals surface area contributed by atoms with E-state index in [1.165, 1.54) is 0 Å². The van der Waals surface area contributed by atoms with Gasteiger partial charge in [-0.3, -0.25) is 9.69 Å². The van der Waals surface area contributed by atoms with Crippen molar-refractivity contribution < 1.29 is 10.0 Å². The third-order valence-corrected chi connectivity index (χ3v) is 7.39.